The van der Waals surface area contributed by atoms with Gasteiger partial charge in [-0.1, -0.05) is 64.7 Å². The maximum Gasteiger partial charge on any atom is -0.0388 e. The maximum absolute atomic E-state index is 2.52. The second-order valence-electron chi connectivity index (χ2n) is 5.76. The molecule has 0 aromatic rings. The molecule has 2 fully saturated rings. The summed E-state index contributed by atoms with van der Waals surface area (Å²) in [6.45, 7) is 2.52. The molecular weight excluding hydrogens is 168 g/mol. The minimum absolute atomic E-state index is 1.03. The van der Waals surface area contributed by atoms with Gasteiger partial charge in [0, 0.05) is 0 Å². The summed E-state index contributed by atoms with van der Waals surface area (Å²) in [4.78, 5) is 0. The summed E-state index contributed by atoms with van der Waals surface area (Å²) >= 11 is 0. The Morgan fingerprint density at radius 3 is 2.07 bits per heavy atom. The van der Waals surface area contributed by atoms with E-state index < -0.39 is 0 Å². The van der Waals surface area contributed by atoms with Gasteiger partial charge in [0.2, 0.25) is 0 Å². The highest BCUT2D eigenvalue weighted by Crippen LogP contribution is 2.37. The van der Waals surface area contributed by atoms with Crippen LogP contribution in [0.3, 0.4) is 0 Å². The van der Waals surface area contributed by atoms with Crippen LogP contribution >= 0.6 is 0 Å². The molecule has 1 unspecified atom stereocenters. The van der Waals surface area contributed by atoms with Crippen molar-refractivity contribution < 1.29 is 0 Å². The molecule has 0 saturated heterocycles. The SMILES string of the molecule is CC(CC1CCCC1)C1CCCCC1. The lowest BCUT2D eigenvalue weighted by atomic mass is 9.77. The van der Waals surface area contributed by atoms with E-state index in [9.17, 15) is 0 Å². The zero-order valence-corrected chi connectivity index (χ0v) is 9.80. The van der Waals surface area contributed by atoms with Crippen molar-refractivity contribution in [2.24, 2.45) is 17.8 Å². The Hall–Kier alpha value is 0. The highest BCUT2D eigenvalue weighted by Gasteiger charge is 2.24. The first-order valence-corrected chi connectivity index (χ1v) is 6.86. The van der Waals surface area contributed by atoms with Crippen molar-refractivity contribution in [3.63, 3.8) is 0 Å². The normalized spacial score (nSPS) is 28.1. The Morgan fingerprint density at radius 1 is 0.857 bits per heavy atom. The van der Waals surface area contributed by atoms with E-state index in [1.807, 2.05) is 0 Å². The molecular formula is C14H26. The molecule has 1 atom stereocenters. The molecule has 0 aliphatic heterocycles. The van der Waals surface area contributed by atoms with Gasteiger partial charge in [0.1, 0.15) is 0 Å². The minimum Gasteiger partial charge on any atom is -0.0622 e. The van der Waals surface area contributed by atoms with Gasteiger partial charge < -0.3 is 0 Å². The van der Waals surface area contributed by atoms with Crippen molar-refractivity contribution in [2.45, 2.75) is 71.1 Å². The molecule has 14 heavy (non-hydrogen) atoms. The highest BCUT2D eigenvalue weighted by atomic mass is 14.3. The first-order valence-electron chi connectivity index (χ1n) is 6.86. The summed E-state index contributed by atoms with van der Waals surface area (Å²) in [6, 6.07) is 0. The molecule has 0 spiro atoms. The van der Waals surface area contributed by atoms with E-state index in [1.165, 1.54) is 57.8 Å². The van der Waals surface area contributed by atoms with Gasteiger partial charge >= 0.3 is 0 Å². The summed E-state index contributed by atoms with van der Waals surface area (Å²) < 4.78 is 0. The summed E-state index contributed by atoms with van der Waals surface area (Å²) in [6.07, 6.45) is 15.3. The van der Waals surface area contributed by atoms with Crippen LogP contribution in [0.4, 0.5) is 0 Å². The Labute approximate surface area is 89.5 Å². The fraction of sp³-hybridized carbons (Fsp3) is 1.00. The van der Waals surface area contributed by atoms with Crippen LogP contribution in [0.15, 0.2) is 0 Å². The molecule has 0 bridgehead atoms. The third kappa shape index (κ3) is 2.74. The molecule has 2 aliphatic rings. The van der Waals surface area contributed by atoms with Crippen LogP contribution in [0.2, 0.25) is 0 Å². The van der Waals surface area contributed by atoms with Crippen LogP contribution in [0.25, 0.3) is 0 Å². The summed E-state index contributed by atoms with van der Waals surface area (Å²) in [5.41, 5.74) is 0. The number of hydrogen-bond acceptors (Lipinski definition) is 0. The van der Waals surface area contributed by atoms with Gasteiger partial charge in [0.25, 0.3) is 0 Å². The van der Waals surface area contributed by atoms with Gasteiger partial charge in [-0.05, 0) is 24.2 Å². The van der Waals surface area contributed by atoms with Gasteiger partial charge in [-0.25, -0.2) is 0 Å². The molecule has 2 aliphatic carbocycles. The Morgan fingerprint density at radius 2 is 1.43 bits per heavy atom. The molecule has 0 heteroatoms. The van der Waals surface area contributed by atoms with Gasteiger partial charge in [-0.2, -0.15) is 0 Å². The Bertz CT molecular complexity index is 149. The lowest BCUT2D eigenvalue weighted by Crippen LogP contribution is -2.17. The van der Waals surface area contributed by atoms with Crippen molar-refractivity contribution >= 4 is 0 Å². The van der Waals surface area contributed by atoms with Crippen molar-refractivity contribution in [1.82, 2.24) is 0 Å². The fourth-order valence-corrected chi connectivity index (χ4v) is 3.67. The quantitative estimate of drug-likeness (QED) is 0.606. The molecule has 0 heterocycles. The smallest absolute Gasteiger partial charge is 0.0388 e. The largest absolute Gasteiger partial charge is 0.0622 e. The Balaban J connectivity index is 1.72. The van der Waals surface area contributed by atoms with E-state index in [0.717, 1.165) is 17.8 Å². The molecule has 82 valence electrons. The van der Waals surface area contributed by atoms with Crippen LogP contribution in [0, 0.1) is 17.8 Å². The van der Waals surface area contributed by atoms with E-state index in [0.29, 0.717) is 0 Å². The predicted octanol–water partition coefficient (Wildman–Crippen LogP) is 4.78. The van der Waals surface area contributed by atoms with Crippen molar-refractivity contribution in [3.05, 3.63) is 0 Å². The summed E-state index contributed by atoms with van der Waals surface area (Å²) in [5, 5.41) is 0. The van der Waals surface area contributed by atoms with E-state index in [-0.39, 0.29) is 0 Å². The van der Waals surface area contributed by atoms with Crippen LogP contribution in [-0.2, 0) is 0 Å². The molecule has 0 N–H and O–H groups in total. The standard InChI is InChI=1S/C14H26/c1-12(11-13-7-5-6-8-13)14-9-3-2-4-10-14/h12-14H,2-11H2,1H3. The van der Waals surface area contributed by atoms with Crippen LogP contribution < -0.4 is 0 Å². The first-order chi connectivity index (χ1) is 6.86. The van der Waals surface area contributed by atoms with Gasteiger partial charge in [0.15, 0.2) is 0 Å². The fourth-order valence-electron chi connectivity index (χ4n) is 3.67. The molecule has 0 nitrogen and oxygen atoms in total. The third-order valence-electron chi connectivity index (χ3n) is 4.63. The molecule has 2 saturated carbocycles. The van der Waals surface area contributed by atoms with E-state index in [4.69, 9.17) is 0 Å². The number of rotatable bonds is 3. The lowest BCUT2D eigenvalue weighted by molar-refractivity contribution is 0.226. The predicted molar refractivity (Wildman–Crippen MR) is 62.3 cm³/mol. The monoisotopic (exact) mass is 194 g/mol. The zero-order chi connectivity index (χ0) is 9.80. The molecule has 2 rings (SSSR count). The van der Waals surface area contributed by atoms with Crippen LogP contribution in [0.1, 0.15) is 71.1 Å². The lowest BCUT2D eigenvalue weighted by Gasteiger charge is -2.29. The second kappa shape index (κ2) is 5.19. The third-order valence-corrected chi connectivity index (χ3v) is 4.63. The summed E-state index contributed by atoms with van der Waals surface area (Å²) in [7, 11) is 0. The summed E-state index contributed by atoms with van der Waals surface area (Å²) in [5.74, 6) is 3.22. The zero-order valence-electron chi connectivity index (χ0n) is 9.80. The van der Waals surface area contributed by atoms with Crippen LogP contribution in [-0.4, -0.2) is 0 Å². The highest BCUT2D eigenvalue weighted by molar-refractivity contribution is 4.76. The van der Waals surface area contributed by atoms with E-state index >= 15 is 0 Å². The molecule has 0 aromatic heterocycles. The average Bonchev–Trinajstić information content (AvgIpc) is 2.72. The topological polar surface area (TPSA) is 0 Å². The van der Waals surface area contributed by atoms with Gasteiger partial charge in [-0.3, -0.25) is 0 Å². The molecule has 0 amide bonds. The Kier molecular flexibility index (Phi) is 3.89. The first kappa shape index (κ1) is 10.5. The van der Waals surface area contributed by atoms with Crippen molar-refractivity contribution in [1.29, 1.82) is 0 Å². The minimum atomic E-state index is 1.03. The average molecular weight is 194 g/mol. The van der Waals surface area contributed by atoms with Crippen LogP contribution in [0.5, 0.6) is 0 Å². The van der Waals surface area contributed by atoms with Crippen molar-refractivity contribution in [2.75, 3.05) is 0 Å². The van der Waals surface area contributed by atoms with Gasteiger partial charge in [-0.15, -0.1) is 0 Å². The molecule has 0 aromatic carbocycles. The maximum atomic E-state index is 2.52. The second-order valence-corrected chi connectivity index (χ2v) is 5.76. The van der Waals surface area contributed by atoms with E-state index in [1.54, 1.807) is 6.42 Å². The van der Waals surface area contributed by atoms with E-state index in [2.05, 4.69) is 6.92 Å². The number of hydrogen-bond donors (Lipinski definition) is 0. The van der Waals surface area contributed by atoms with Crippen molar-refractivity contribution in [3.8, 4) is 0 Å². The van der Waals surface area contributed by atoms with Gasteiger partial charge in [0.05, 0.1) is 0 Å². The molecule has 0 radical (unpaired) electrons.